The third kappa shape index (κ3) is 3.23. The zero-order valence-electron chi connectivity index (χ0n) is 11.3. The summed E-state index contributed by atoms with van der Waals surface area (Å²) in [6.45, 7) is 1.65. The van der Waals surface area contributed by atoms with Crippen molar-refractivity contribution in [1.29, 1.82) is 0 Å². The van der Waals surface area contributed by atoms with Crippen molar-refractivity contribution in [3.63, 3.8) is 0 Å². The summed E-state index contributed by atoms with van der Waals surface area (Å²) in [5.41, 5.74) is 7.94. The molecular formula is C16H18N2O2. The Labute approximate surface area is 118 Å². The molecule has 0 aliphatic heterocycles. The Morgan fingerprint density at radius 3 is 2.35 bits per heavy atom. The molecule has 2 aromatic rings. The molecule has 1 amide bonds. The summed E-state index contributed by atoms with van der Waals surface area (Å²) < 4.78 is 0. The number of hydrogen-bond acceptors (Lipinski definition) is 3. The molecule has 0 saturated carbocycles. The topological polar surface area (TPSA) is 75.3 Å². The quantitative estimate of drug-likeness (QED) is 0.798. The van der Waals surface area contributed by atoms with Crippen LogP contribution in [0.15, 0.2) is 54.6 Å². The molecule has 2 atom stereocenters. The second-order valence-electron chi connectivity index (χ2n) is 4.64. The first kappa shape index (κ1) is 14.2. The van der Waals surface area contributed by atoms with E-state index in [1.165, 1.54) is 0 Å². The van der Waals surface area contributed by atoms with Crippen molar-refractivity contribution in [1.82, 2.24) is 0 Å². The van der Waals surface area contributed by atoms with Crippen LogP contribution in [0.5, 0.6) is 0 Å². The second kappa shape index (κ2) is 6.32. The molecule has 0 spiro atoms. The third-order valence-electron chi connectivity index (χ3n) is 3.11. The van der Waals surface area contributed by atoms with Crippen LogP contribution in [0.3, 0.4) is 0 Å². The van der Waals surface area contributed by atoms with Gasteiger partial charge in [0.1, 0.15) is 6.04 Å². The summed E-state index contributed by atoms with van der Waals surface area (Å²) in [6, 6.07) is 15.6. The van der Waals surface area contributed by atoms with Crippen LogP contribution in [0.1, 0.15) is 30.2 Å². The van der Waals surface area contributed by atoms with Crippen LogP contribution >= 0.6 is 0 Å². The van der Waals surface area contributed by atoms with Crippen molar-refractivity contribution in [2.75, 3.05) is 5.32 Å². The van der Waals surface area contributed by atoms with E-state index in [1.807, 2.05) is 36.4 Å². The number of nitrogens with one attached hydrogen (secondary N) is 1. The van der Waals surface area contributed by atoms with Gasteiger partial charge in [-0.15, -0.1) is 0 Å². The van der Waals surface area contributed by atoms with Crippen LogP contribution in [-0.2, 0) is 4.79 Å². The maximum absolute atomic E-state index is 12.2. The maximum atomic E-state index is 12.2. The summed E-state index contributed by atoms with van der Waals surface area (Å²) in [5.74, 6) is -0.302. The van der Waals surface area contributed by atoms with E-state index in [0.717, 1.165) is 5.56 Å². The molecule has 0 aliphatic carbocycles. The zero-order valence-corrected chi connectivity index (χ0v) is 11.3. The molecule has 0 saturated heterocycles. The Morgan fingerprint density at radius 2 is 1.70 bits per heavy atom. The lowest BCUT2D eigenvalue weighted by molar-refractivity contribution is -0.117. The molecule has 104 valence electrons. The minimum atomic E-state index is -0.738. The molecular weight excluding hydrogens is 252 g/mol. The van der Waals surface area contributed by atoms with E-state index in [2.05, 4.69) is 5.32 Å². The predicted octanol–water partition coefficient (Wildman–Crippen LogP) is 2.38. The largest absolute Gasteiger partial charge is 0.389 e. The first-order chi connectivity index (χ1) is 9.59. The van der Waals surface area contributed by atoms with Gasteiger partial charge in [-0.25, -0.2) is 0 Å². The van der Waals surface area contributed by atoms with E-state index in [9.17, 15) is 9.90 Å². The number of carbonyl (C=O) groups excluding carboxylic acids is 1. The van der Waals surface area contributed by atoms with E-state index in [-0.39, 0.29) is 5.91 Å². The number of amides is 1. The normalized spacial score (nSPS) is 13.6. The molecule has 2 aromatic carbocycles. The lowest BCUT2D eigenvalue weighted by Crippen LogP contribution is -2.28. The van der Waals surface area contributed by atoms with Crippen molar-refractivity contribution >= 4 is 11.6 Å². The highest BCUT2D eigenvalue weighted by molar-refractivity contribution is 5.96. The van der Waals surface area contributed by atoms with Crippen LogP contribution in [0, 0.1) is 0 Å². The van der Waals surface area contributed by atoms with Gasteiger partial charge in [0, 0.05) is 11.3 Å². The first-order valence-corrected chi connectivity index (χ1v) is 6.48. The average Bonchev–Trinajstić information content (AvgIpc) is 2.47. The zero-order chi connectivity index (χ0) is 14.5. The Hall–Kier alpha value is -2.17. The maximum Gasteiger partial charge on any atom is 0.245 e. The van der Waals surface area contributed by atoms with E-state index < -0.39 is 12.1 Å². The van der Waals surface area contributed by atoms with Gasteiger partial charge in [0.15, 0.2) is 0 Å². The molecule has 0 fully saturated rings. The van der Waals surface area contributed by atoms with Gasteiger partial charge in [0.05, 0.1) is 6.10 Å². The number of benzene rings is 2. The van der Waals surface area contributed by atoms with Crippen molar-refractivity contribution in [3.05, 3.63) is 65.7 Å². The number of hydrogen-bond donors (Lipinski definition) is 3. The van der Waals surface area contributed by atoms with Crippen molar-refractivity contribution in [2.24, 2.45) is 5.73 Å². The molecule has 0 bridgehead atoms. The van der Waals surface area contributed by atoms with Gasteiger partial charge < -0.3 is 16.2 Å². The fourth-order valence-electron chi connectivity index (χ4n) is 2.00. The predicted molar refractivity (Wildman–Crippen MR) is 79.1 cm³/mol. The second-order valence-corrected chi connectivity index (χ2v) is 4.64. The molecule has 2 rings (SSSR count). The highest BCUT2D eigenvalue weighted by atomic mass is 16.3. The molecule has 20 heavy (non-hydrogen) atoms. The van der Waals surface area contributed by atoms with Crippen molar-refractivity contribution in [2.45, 2.75) is 19.1 Å². The van der Waals surface area contributed by atoms with E-state index in [4.69, 9.17) is 5.73 Å². The number of para-hydroxylation sites is 1. The summed E-state index contributed by atoms with van der Waals surface area (Å²) in [6.07, 6.45) is -0.653. The first-order valence-electron chi connectivity index (χ1n) is 6.48. The summed E-state index contributed by atoms with van der Waals surface area (Å²) in [7, 11) is 0. The van der Waals surface area contributed by atoms with E-state index in [0.29, 0.717) is 11.3 Å². The lowest BCUT2D eigenvalue weighted by atomic mass is 10.1. The highest BCUT2D eigenvalue weighted by Crippen LogP contribution is 2.23. The SMILES string of the molecule is CC(O)c1ccccc1NC(=O)[C@H](N)c1ccccc1. The fourth-order valence-corrected chi connectivity index (χ4v) is 2.00. The Balaban J connectivity index is 2.16. The Bertz CT molecular complexity index is 582. The highest BCUT2D eigenvalue weighted by Gasteiger charge is 2.17. The van der Waals surface area contributed by atoms with Crippen LogP contribution < -0.4 is 11.1 Å². The van der Waals surface area contributed by atoms with Crippen molar-refractivity contribution in [3.8, 4) is 0 Å². The van der Waals surface area contributed by atoms with E-state index in [1.54, 1.807) is 25.1 Å². The molecule has 0 radical (unpaired) electrons. The number of anilines is 1. The smallest absolute Gasteiger partial charge is 0.245 e. The minimum Gasteiger partial charge on any atom is -0.389 e. The average molecular weight is 270 g/mol. The molecule has 4 nitrogen and oxygen atoms in total. The van der Waals surface area contributed by atoms with Crippen molar-refractivity contribution < 1.29 is 9.90 Å². The number of carbonyl (C=O) groups is 1. The van der Waals surface area contributed by atoms with Gasteiger partial charge in [-0.1, -0.05) is 48.5 Å². The van der Waals surface area contributed by atoms with Gasteiger partial charge in [-0.05, 0) is 18.6 Å². The Kier molecular flexibility index (Phi) is 4.50. The number of rotatable bonds is 4. The van der Waals surface area contributed by atoms with Crippen LogP contribution in [0.4, 0.5) is 5.69 Å². The van der Waals surface area contributed by atoms with Gasteiger partial charge in [0.25, 0.3) is 0 Å². The molecule has 1 unspecified atom stereocenters. The molecule has 0 aromatic heterocycles. The molecule has 0 aliphatic rings. The lowest BCUT2D eigenvalue weighted by Gasteiger charge is -2.16. The number of nitrogens with two attached hydrogens (primary N) is 1. The van der Waals surface area contributed by atoms with Gasteiger partial charge in [-0.3, -0.25) is 4.79 Å². The Morgan fingerprint density at radius 1 is 1.10 bits per heavy atom. The minimum absolute atomic E-state index is 0.302. The monoisotopic (exact) mass is 270 g/mol. The molecule has 0 heterocycles. The van der Waals surface area contributed by atoms with Crippen LogP contribution in [0.25, 0.3) is 0 Å². The summed E-state index contributed by atoms with van der Waals surface area (Å²) in [5, 5.41) is 12.5. The third-order valence-corrected chi connectivity index (χ3v) is 3.11. The van der Waals surface area contributed by atoms with Crippen LogP contribution in [0.2, 0.25) is 0 Å². The standard InChI is InChI=1S/C16H18N2O2/c1-11(19)13-9-5-6-10-14(13)18-16(20)15(17)12-7-3-2-4-8-12/h2-11,15,19H,17H2,1H3,(H,18,20)/t11?,15-/m1/s1. The van der Waals surface area contributed by atoms with Gasteiger partial charge in [0.2, 0.25) is 5.91 Å². The number of aliphatic hydroxyl groups excluding tert-OH is 1. The summed E-state index contributed by atoms with van der Waals surface area (Å²) >= 11 is 0. The molecule has 4 N–H and O–H groups in total. The molecule has 4 heteroatoms. The van der Waals surface area contributed by atoms with Gasteiger partial charge in [-0.2, -0.15) is 0 Å². The van der Waals surface area contributed by atoms with E-state index >= 15 is 0 Å². The van der Waals surface area contributed by atoms with Gasteiger partial charge >= 0.3 is 0 Å². The fraction of sp³-hybridized carbons (Fsp3) is 0.188. The van der Waals surface area contributed by atoms with Crippen LogP contribution in [-0.4, -0.2) is 11.0 Å². The number of aliphatic hydroxyl groups is 1. The summed E-state index contributed by atoms with van der Waals surface area (Å²) in [4.78, 5) is 12.2.